The summed E-state index contributed by atoms with van der Waals surface area (Å²) in [5.41, 5.74) is 1.87. The molecule has 1 aromatic carbocycles. The largest absolute Gasteiger partial charge is 0.464 e. The lowest BCUT2D eigenvalue weighted by Gasteiger charge is -2.07. The summed E-state index contributed by atoms with van der Waals surface area (Å²) < 4.78 is 6.34. The van der Waals surface area contributed by atoms with Crippen LogP contribution in [0.5, 0.6) is 0 Å². The number of unbranched alkanes of at least 4 members (excludes halogenated alkanes) is 1. The van der Waals surface area contributed by atoms with Crippen molar-refractivity contribution in [1.29, 1.82) is 0 Å². The maximum atomic E-state index is 12.9. The number of amides is 1. The minimum Gasteiger partial charge on any atom is -0.464 e. The van der Waals surface area contributed by atoms with Crippen molar-refractivity contribution in [2.75, 3.05) is 11.9 Å². The van der Waals surface area contributed by atoms with Crippen LogP contribution in [0, 0.1) is 13.8 Å². The Hall–Kier alpha value is -3.00. The zero-order valence-corrected chi connectivity index (χ0v) is 17.5. The average Bonchev–Trinajstić information content (AvgIpc) is 3.03. The van der Waals surface area contributed by atoms with Gasteiger partial charge in [-0.3, -0.25) is 19.0 Å². The predicted octanol–water partition coefficient (Wildman–Crippen LogP) is 3.67. The number of benzene rings is 1. The second-order valence-corrected chi connectivity index (χ2v) is 7.76. The molecule has 0 radical (unpaired) electrons. The molecule has 2 aromatic heterocycles. The highest BCUT2D eigenvalue weighted by Crippen LogP contribution is 2.28. The molecular formula is C21H23N3O4S. The third-order valence-electron chi connectivity index (χ3n) is 4.58. The molecule has 3 rings (SSSR count). The van der Waals surface area contributed by atoms with Crippen LogP contribution in [0.25, 0.3) is 10.2 Å². The molecule has 0 atom stereocenters. The number of ether oxygens (including phenoxy) is 1. The van der Waals surface area contributed by atoms with Crippen molar-refractivity contribution >= 4 is 39.1 Å². The molecule has 1 N–H and O–H groups in total. The minimum absolute atomic E-state index is 0.203. The molecule has 0 bridgehead atoms. The number of carbonyl (C=O) groups is 2. The molecule has 0 unspecified atom stereocenters. The van der Waals surface area contributed by atoms with Gasteiger partial charge >= 0.3 is 5.97 Å². The van der Waals surface area contributed by atoms with Crippen LogP contribution >= 0.6 is 11.3 Å². The average molecular weight is 413 g/mol. The highest BCUT2D eigenvalue weighted by molar-refractivity contribution is 7.20. The monoisotopic (exact) mass is 413 g/mol. The summed E-state index contributed by atoms with van der Waals surface area (Å²) in [5, 5.41) is 3.24. The molecule has 7 nitrogen and oxygen atoms in total. The fourth-order valence-corrected chi connectivity index (χ4v) is 3.93. The Labute approximate surface area is 172 Å². The van der Waals surface area contributed by atoms with Crippen LogP contribution in [-0.2, 0) is 16.1 Å². The van der Waals surface area contributed by atoms with Crippen molar-refractivity contribution in [3.05, 3.63) is 57.0 Å². The lowest BCUT2D eigenvalue weighted by Crippen LogP contribution is -2.26. The van der Waals surface area contributed by atoms with Crippen LogP contribution < -0.4 is 10.9 Å². The molecule has 0 fully saturated rings. The van der Waals surface area contributed by atoms with Crippen LogP contribution in [0.1, 0.15) is 40.6 Å². The quantitative estimate of drug-likeness (QED) is 0.471. The summed E-state index contributed by atoms with van der Waals surface area (Å²) in [7, 11) is 0. The molecule has 0 aliphatic heterocycles. The van der Waals surface area contributed by atoms with Crippen molar-refractivity contribution in [2.24, 2.45) is 0 Å². The first-order valence-electron chi connectivity index (χ1n) is 9.43. The van der Waals surface area contributed by atoms with Gasteiger partial charge in [0.05, 0.1) is 23.2 Å². The Morgan fingerprint density at radius 3 is 2.72 bits per heavy atom. The number of esters is 1. The first-order chi connectivity index (χ1) is 13.9. The van der Waals surface area contributed by atoms with Crippen molar-refractivity contribution < 1.29 is 14.3 Å². The molecule has 0 saturated carbocycles. The number of anilines is 1. The van der Waals surface area contributed by atoms with E-state index in [1.807, 2.05) is 38.1 Å². The number of aromatic nitrogens is 2. The lowest BCUT2D eigenvalue weighted by atomic mass is 10.2. The molecule has 2 heterocycles. The Kier molecular flexibility index (Phi) is 6.43. The number of thiophene rings is 1. The van der Waals surface area contributed by atoms with E-state index in [-0.39, 0.29) is 18.0 Å². The van der Waals surface area contributed by atoms with Gasteiger partial charge in [0.15, 0.2) is 0 Å². The van der Waals surface area contributed by atoms with E-state index in [1.165, 1.54) is 10.9 Å². The minimum atomic E-state index is -0.480. The third kappa shape index (κ3) is 4.54. The second kappa shape index (κ2) is 9.00. The van der Waals surface area contributed by atoms with Gasteiger partial charge in [0, 0.05) is 5.69 Å². The van der Waals surface area contributed by atoms with Gasteiger partial charge in [-0.1, -0.05) is 31.5 Å². The number of nitrogens with one attached hydrogen (secondary N) is 1. The molecule has 1 amide bonds. The highest BCUT2D eigenvalue weighted by atomic mass is 32.1. The highest BCUT2D eigenvalue weighted by Gasteiger charge is 2.20. The summed E-state index contributed by atoms with van der Waals surface area (Å²) in [6, 6.07) is 7.48. The number of aryl methyl sites for hydroxylation is 2. The van der Waals surface area contributed by atoms with Crippen molar-refractivity contribution in [2.45, 2.75) is 40.2 Å². The van der Waals surface area contributed by atoms with Gasteiger partial charge in [-0.25, -0.2) is 4.98 Å². The molecule has 0 aliphatic carbocycles. The van der Waals surface area contributed by atoms with Crippen LogP contribution in [0.3, 0.4) is 0 Å². The van der Waals surface area contributed by atoms with Gasteiger partial charge in [-0.05, 0) is 37.5 Å². The van der Waals surface area contributed by atoms with Gasteiger partial charge in [0.2, 0.25) is 0 Å². The Morgan fingerprint density at radius 2 is 2.00 bits per heavy atom. The standard InChI is InChI=1S/C21H23N3O4S/c1-4-5-10-28-16(25)11-24-12-22-20-17(21(24)27)14(3)18(29-20)19(26)23-15-9-7-6-8-13(15)2/h6-9,12H,4-5,10-11H2,1-3H3,(H,23,26). The zero-order valence-electron chi connectivity index (χ0n) is 16.7. The summed E-state index contributed by atoms with van der Waals surface area (Å²) >= 11 is 1.16. The fraction of sp³-hybridized carbons (Fsp3) is 0.333. The number of para-hydroxylation sites is 1. The van der Waals surface area contributed by atoms with E-state index in [9.17, 15) is 14.4 Å². The molecule has 8 heteroatoms. The summed E-state index contributed by atoms with van der Waals surface area (Å²) in [6.07, 6.45) is 3.02. The fourth-order valence-electron chi connectivity index (χ4n) is 2.90. The summed E-state index contributed by atoms with van der Waals surface area (Å²) in [5.74, 6) is -0.767. The lowest BCUT2D eigenvalue weighted by molar-refractivity contribution is -0.144. The van der Waals surface area contributed by atoms with Crippen molar-refractivity contribution in [3.63, 3.8) is 0 Å². The van der Waals surface area contributed by atoms with E-state index in [0.29, 0.717) is 27.3 Å². The van der Waals surface area contributed by atoms with Gasteiger partial charge in [-0.15, -0.1) is 11.3 Å². The second-order valence-electron chi connectivity index (χ2n) is 6.76. The molecule has 152 valence electrons. The molecule has 3 aromatic rings. The van der Waals surface area contributed by atoms with Gasteiger partial charge in [0.1, 0.15) is 11.4 Å². The SMILES string of the molecule is CCCCOC(=O)Cn1cnc2sc(C(=O)Nc3ccccc3C)c(C)c2c1=O. The maximum Gasteiger partial charge on any atom is 0.326 e. The number of carbonyl (C=O) groups excluding carboxylic acids is 2. The molecule has 29 heavy (non-hydrogen) atoms. The number of hydrogen-bond donors (Lipinski definition) is 1. The Balaban J connectivity index is 1.86. The summed E-state index contributed by atoms with van der Waals surface area (Å²) in [4.78, 5) is 42.7. The van der Waals surface area contributed by atoms with Gasteiger partial charge in [0.25, 0.3) is 11.5 Å². The molecule has 0 spiro atoms. The van der Waals surface area contributed by atoms with Crippen LogP contribution in [-0.4, -0.2) is 28.0 Å². The molecular weight excluding hydrogens is 390 g/mol. The number of fused-ring (bicyclic) bond motifs is 1. The van der Waals surface area contributed by atoms with E-state index >= 15 is 0 Å². The number of rotatable bonds is 7. The summed E-state index contributed by atoms with van der Waals surface area (Å²) in [6.45, 7) is 5.76. The van der Waals surface area contributed by atoms with E-state index in [4.69, 9.17) is 4.74 Å². The Morgan fingerprint density at radius 1 is 1.24 bits per heavy atom. The van der Waals surface area contributed by atoms with Crippen LogP contribution in [0.2, 0.25) is 0 Å². The molecule has 0 saturated heterocycles. The van der Waals surface area contributed by atoms with E-state index in [0.717, 1.165) is 35.4 Å². The van der Waals surface area contributed by atoms with Gasteiger partial charge in [-0.2, -0.15) is 0 Å². The van der Waals surface area contributed by atoms with E-state index in [2.05, 4.69) is 10.3 Å². The predicted molar refractivity (Wildman–Crippen MR) is 114 cm³/mol. The molecule has 0 aliphatic rings. The zero-order chi connectivity index (χ0) is 21.0. The van der Waals surface area contributed by atoms with Gasteiger partial charge < -0.3 is 10.1 Å². The number of nitrogens with zero attached hydrogens (tertiary/aromatic N) is 2. The first-order valence-corrected chi connectivity index (χ1v) is 10.2. The van der Waals surface area contributed by atoms with Crippen molar-refractivity contribution in [3.8, 4) is 0 Å². The Bertz CT molecular complexity index is 1120. The third-order valence-corrected chi connectivity index (χ3v) is 5.78. The maximum absolute atomic E-state index is 12.9. The normalized spacial score (nSPS) is 10.9. The number of hydrogen-bond acceptors (Lipinski definition) is 6. The van der Waals surface area contributed by atoms with Crippen LogP contribution in [0.15, 0.2) is 35.4 Å². The van der Waals surface area contributed by atoms with E-state index < -0.39 is 5.97 Å². The smallest absolute Gasteiger partial charge is 0.326 e. The topological polar surface area (TPSA) is 90.3 Å². The van der Waals surface area contributed by atoms with E-state index in [1.54, 1.807) is 6.92 Å². The van der Waals surface area contributed by atoms with Crippen molar-refractivity contribution in [1.82, 2.24) is 9.55 Å². The first kappa shape index (κ1) is 20.7. The van der Waals surface area contributed by atoms with Crippen LogP contribution in [0.4, 0.5) is 5.69 Å².